The van der Waals surface area contributed by atoms with Crippen molar-refractivity contribution in [1.82, 2.24) is 14.8 Å². The molecule has 8 nitrogen and oxygen atoms in total. The molecule has 0 unspecified atom stereocenters. The second kappa shape index (κ2) is 13.5. The summed E-state index contributed by atoms with van der Waals surface area (Å²) < 4.78 is 14.4. The number of thioether (sulfide) groups is 1. The number of rotatable bonds is 10. The zero-order chi connectivity index (χ0) is 27.9. The molecule has 0 bridgehead atoms. The van der Waals surface area contributed by atoms with E-state index in [1.165, 1.54) is 25.3 Å². The third kappa shape index (κ3) is 7.22. The lowest BCUT2D eigenvalue weighted by molar-refractivity contribution is -0.113. The predicted molar refractivity (Wildman–Crippen MR) is 157 cm³/mol. The van der Waals surface area contributed by atoms with E-state index in [0.717, 1.165) is 52.9 Å². The Morgan fingerprint density at radius 2 is 1.90 bits per heavy atom. The van der Waals surface area contributed by atoms with Gasteiger partial charge in [0.2, 0.25) is 5.91 Å². The number of carbonyl (C=O) groups is 2. The van der Waals surface area contributed by atoms with Crippen LogP contribution >= 0.6 is 27.7 Å². The molecule has 2 aromatic carbocycles. The molecule has 1 fully saturated rings. The molecule has 1 aliphatic rings. The van der Waals surface area contributed by atoms with Gasteiger partial charge >= 0.3 is 5.97 Å². The van der Waals surface area contributed by atoms with Crippen molar-refractivity contribution < 1.29 is 19.1 Å². The van der Waals surface area contributed by atoms with Crippen molar-refractivity contribution in [2.24, 2.45) is 0 Å². The number of amides is 1. The van der Waals surface area contributed by atoms with Crippen molar-refractivity contribution in [2.45, 2.75) is 76.6 Å². The Morgan fingerprint density at radius 1 is 1.15 bits per heavy atom. The Hall–Kier alpha value is -2.85. The summed E-state index contributed by atoms with van der Waals surface area (Å²) in [4.78, 5) is 24.9. The Kier molecular flexibility index (Phi) is 10.1. The molecule has 0 atom stereocenters. The quantitative estimate of drug-likeness (QED) is 0.193. The van der Waals surface area contributed by atoms with Gasteiger partial charge in [0.1, 0.15) is 12.4 Å². The van der Waals surface area contributed by atoms with Crippen LogP contribution in [-0.2, 0) is 16.1 Å². The van der Waals surface area contributed by atoms with E-state index in [1.54, 1.807) is 24.3 Å². The maximum absolute atomic E-state index is 12.8. The smallest absolute Gasteiger partial charge is 0.339 e. The fourth-order valence-corrected chi connectivity index (χ4v) is 5.98. The first-order valence-corrected chi connectivity index (χ1v) is 15.0. The zero-order valence-corrected chi connectivity index (χ0v) is 25.2. The molecule has 1 amide bonds. The molecule has 1 N–H and O–H groups in total. The standard InChI is InChI=1S/C29H35BrN4O4S/c1-18(2)22-15-23(30)19(3)14-25(22)38-16-26-32-33-29(34(26)20-10-6-5-7-11-20)39-17-27(35)31-24-13-9-8-12-21(24)28(36)37-4/h8-9,12-15,18,20H,5-7,10-11,16-17H2,1-4H3,(H,31,35). The number of aromatic nitrogens is 3. The van der Waals surface area contributed by atoms with E-state index < -0.39 is 5.97 Å². The molecule has 1 saturated carbocycles. The van der Waals surface area contributed by atoms with Gasteiger partial charge in [-0.2, -0.15) is 0 Å². The summed E-state index contributed by atoms with van der Waals surface area (Å²) in [6.45, 7) is 6.65. The van der Waals surface area contributed by atoms with Crippen molar-refractivity contribution in [3.63, 3.8) is 0 Å². The highest BCUT2D eigenvalue weighted by Crippen LogP contribution is 2.35. The number of ether oxygens (including phenoxy) is 2. The van der Waals surface area contributed by atoms with Crippen LogP contribution in [0.15, 0.2) is 46.0 Å². The number of nitrogens with one attached hydrogen (secondary N) is 1. The molecule has 4 rings (SSSR count). The second-order valence-electron chi connectivity index (χ2n) is 10.0. The van der Waals surface area contributed by atoms with Crippen molar-refractivity contribution in [2.75, 3.05) is 18.2 Å². The molecule has 1 aromatic heterocycles. The maximum atomic E-state index is 12.8. The number of hydrogen-bond acceptors (Lipinski definition) is 7. The number of para-hydroxylation sites is 1. The van der Waals surface area contributed by atoms with Crippen molar-refractivity contribution in [3.8, 4) is 5.75 Å². The predicted octanol–water partition coefficient (Wildman–Crippen LogP) is 7.07. The largest absolute Gasteiger partial charge is 0.485 e. The van der Waals surface area contributed by atoms with Crippen LogP contribution in [0.4, 0.5) is 5.69 Å². The Bertz CT molecular complexity index is 1320. The Morgan fingerprint density at radius 3 is 2.62 bits per heavy atom. The van der Waals surface area contributed by atoms with E-state index in [-0.39, 0.29) is 17.7 Å². The van der Waals surface area contributed by atoms with Crippen LogP contribution in [-0.4, -0.2) is 39.5 Å². The van der Waals surface area contributed by atoms with E-state index in [1.807, 2.05) is 0 Å². The van der Waals surface area contributed by atoms with Crippen molar-refractivity contribution in [1.29, 1.82) is 0 Å². The summed E-state index contributed by atoms with van der Waals surface area (Å²) >= 11 is 4.98. The number of esters is 1. The second-order valence-corrected chi connectivity index (χ2v) is 11.8. The maximum Gasteiger partial charge on any atom is 0.339 e. The van der Waals surface area contributed by atoms with E-state index in [9.17, 15) is 9.59 Å². The number of methoxy groups -OCH3 is 1. The molecule has 0 spiro atoms. The molecular formula is C29H35BrN4O4S. The normalized spacial score (nSPS) is 13.9. The average Bonchev–Trinajstić information content (AvgIpc) is 3.35. The minimum atomic E-state index is -0.498. The van der Waals surface area contributed by atoms with Gasteiger partial charge in [0, 0.05) is 10.5 Å². The topological polar surface area (TPSA) is 95.3 Å². The van der Waals surface area contributed by atoms with Gasteiger partial charge in [-0.05, 0) is 61.1 Å². The highest BCUT2D eigenvalue weighted by atomic mass is 79.9. The lowest BCUT2D eigenvalue weighted by atomic mass is 9.95. The monoisotopic (exact) mass is 614 g/mol. The SMILES string of the molecule is COC(=O)c1ccccc1NC(=O)CSc1nnc(COc2cc(C)c(Br)cc2C(C)C)n1C1CCCCC1. The molecule has 10 heteroatoms. The summed E-state index contributed by atoms with van der Waals surface area (Å²) in [5.41, 5.74) is 2.98. The van der Waals surface area contributed by atoms with Gasteiger partial charge in [-0.25, -0.2) is 4.79 Å². The molecule has 0 aliphatic heterocycles. The van der Waals surface area contributed by atoms with Gasteiger partial charge in [0.25, 0.3) is 0 Å². The van der Waals surface area contributed by atoms with E-state index >= 15 is 0 Å². The van der Waals surface area contributed by atoms with Gasteiger partial charge < -0.3 is 14.8 Å². The number of hydrogen-bond donors (Lipinski definition) is 1. The molecule has 1 aliphatic carbocycles. The lowest BCUT2D eigenvalue weighted by Crippen LogP contribution is -2.20. The summed E-state index contributed by atoms with van der Waals surface area (Å²) in [7, 11) is 1.32. The molecule has 0 radical (unpaired) electrons. The van der Waals surface area contributed by atoms with Gasteiger partial charge in [-0.3, -0.25) is 9.36 Å². The summed E-state index contributed by atoms with van der Waals surface area (Å²) in [6.07, 6.45) is 5.63. The molecule has 0 saturated heterocycles. The number of nitrogens with zero attached hydrogens (tertiary/aromatic N) is 3. The third-order valence-corrected chi connectivity index (χ3v) is 8.68. The van der Waals surface area contributed by atoms with Crippen LogP contribution in [0.2, 0.25) is 0 Å². The summed E-state index contributed by atoms with van der Waals surface area (Å²) in [6, 6.07) is 11.3. The number of halogens is 1. The zero-order valence-electron chi connectivity index (χ0n) is 22.8. The molecule has 208 valence electrons. The fourth-order valence-electron chi connectivity index (χ4n) is 4.80. The highest BCUT2D eigenvalue weighted by molar-refractivity contribution is 9.10. The van der Waals surface area contributed by atoms with Crippen LogP contribution < -0.4 is 10.1 Å². The minimum absolute atomic E-state index is 0.130. The van der Waals surface area contributed by atoms with Crippen LogP contribution in [0, 0.1) is 6.92 Å². The third-order valence-electron chi connectivity index (χ3n) is 6.88. The number of aryl methyl sites for hydroxylation is 1. The number of benzene rings is 2. The molecule has 39 heavy (non-hydrogen) atoms. The van der Waals surface area contributed by atoms with Crippen molar-refractivity contribution in [3.05, 3.63) is 63.4 Å². The van der Waals surface area contributed by atoms with E-state index in [0.29, 0.717) is 28.9 Å². The first-order valence-electron chi connectivity index (χ1n) is 13.2. The number of carbonyl (C=O) groups excluding carboxylic acids is 2. The molecule has 3 aromatic rings. The average molecular weight is 616 g/mol. The van der Waals surface area contributed by atoms with Crippen LogP contribution in [0.3, 0.4) is 0 Å². The van der Waals surface area contributed by atoms with Crippen LogP contribution in [0.5, 0.6) is 5.75 Å². The van der Waals surface area contributed by atoms with Gasteiger partial charge in [0.05, 0.1) is 24.1 Å². The van der Waals surface area contributed by atoms with Gasteiger partial charge in [-0.1, -0.05) is 72.9 Å². The van der Waals surface area contributed by atoms with E-state index in [4.69, 9.17) is 9.47 Å². The molecule has 1 heterocycles. The van der Waals surface area contributed by atoms with Crippen LogP contribution in [0.25, 0.3) is 0 Å². The molecular weight excluding hydrogens is 580 g/mol. The fraction of sp³-hybridized carbons (Fsp3) is 0.448. The first kappa shape index (κ1) is 29.1. The first-order chi connectivity index (χ1) is 18.8. The lowest BCUT2D eigenvalue weighted by Gasteiger charge is -2.25. The Balaban J connectivity index is 1.51. The summed E-state index contributed by atoms with van der Waals surface area (Å²) in [5.74, 6) is 1.31. The highest BCUT2D eigenvalue weighted by Gasteiger charge is 2.24. The minimum Gasteiger partial charge on any atom is -0.485 e. The van der Waals surface area contributed by atoms with Crippen LogP contribution in [0.1, 0.15) is 85.2 Å². The van der Waals surface area contributed by atoms with E-state index in [2.05, 4.69) is 68.9 Å². The Labute approximate surface area is 242 Å². The van der Waals surface area contributed by atoms with Gasteiger partial charge in [0.15, 0.2) is 11.0 Å². The van der Waals surface area contributed by atoms with Gasteiger partial charge in [-0.15, -0.1) is 10.2 Å². The van der Waals surface area contributed by atoms with Crippen molar-refractivity contribution >= 4 is 45.3 Å². The summed E-state index contributed by atoms with van der Waals surface area (Å²) in [5, 5.41) is 12.5. The number of anilines is 1.